The fraction of sp³-hybridized carbons (Fsp3) is 0.333. The molecule has 8 heteroatoms. The number of carbonyl (C=O) groups is 3. The average molecular weight is 240 g/mol. The van der Waals surface area contributed by atoms with Gasteiger partial charge >= 0.3 is 5.97 Å². The predicted molar refractivity (Wildman–Crippen MR) is 55.9 cm³/mol. The number of carbonyl (C=O) groups excluding carboxylic acids is 2. The maximum Gasteiger partial charge on any atom is 0.326 e. The van der Waals surface area contributed by atoms with E-state index in [9.17, 15) is 14.4 Å². The number of nitrogens with one attached hydrogen (secondary N) is 1. The Morgan fingerprint density at radius 2 is 2.24 bits per heavy atom. The molecule has 0 fully saturated rings. The number of aliphatic carboxylic acids is 1. The first-order valence-corrected chi connectivity index (χ1v) is 4.70. The zero-order valence-electron chi connectivity index (χ0n) is 9.08. The first-order valence-electron chi connectivity index (χ1n) is 4.70. The number of hydrogen-bond donors (Lipinski definition) is 3. The highest BCUT2D eigenvalue weighted by atomic mass is 16.4. The number of hydrogen-bond acceptors (Lipinski definition) is 4. The first kappa shape index (κ1) is 12.7. The Kier molecular flexibility index (Phi) is 3.81. The number of carboxylic acid groups (broad SMARTS) is 1. The van der Waals surface area contributed by atoms with E-state index >= 15 is 0 Å². The molecule has 0 aliphatic rings. The topological polar surface area (TPSA) is 127 Å². The SMILES string of the molecule is Cn1cnc(C(=O)NC(CC(N)=O)C(=O)O)c1. The molecule has 1 aromatic heterocycles. The van der Waals surface area contributed by atoms with Gasteiger partial charge in [-0.1, -0.05) is 0 Å². The second-order valence-corrected chi connectivity index (χ2v) is 3.46. The monoisotopic (exact) mass is 240 g/mol. The lowest BCUT2D eigenvalue weighted by atomic mass is 10.2. The first-order chi connectivity index (χ1) is 7.90. The molecule has 1 rings (SSSR count). The third-order valence-electron chi connectivity index (χ3n) is 1.95. The Labute approximate surface area is 96.4 Å². The van der Waals surface area contributed by atoms with Crippen LogP contribution in [0.4, 0.5) is 0 Å². The van der Waals surface area contributed by atoms with Crippen molar-refractivity contribution in [3.05, 3.63) is 18.2 Å². The largest absolute Gasteiger partial charge is 0.480 e. The van der Waals surface area contributed by atoms with E-state index < -0.39 is 30.2 Å². The molecule has 4 N–H and O–H groups in total. The number of nitrogens with zero attached hydrogens (tertiary/aromatic N) is 2. The van der Waals surface area contributed by atoms with Crippen LogP contribution in [-0.4, -0.2) is 38.5 Å². The third kappa shape index (κ3) is 3.59. The Morgan fingerprint density at radius 1 is 1.59 bits per heavy atom. The number of amides is 2. The summed E-state index contributed by atoms with van der Waals surface area (Å²) >= 11 is 0. The highest BCUT2D eigenvalue weighted by Crippen LogP contribution is 1.98. The molecule has 0 aliphatic heterocycles. The van der Waals surface area contributed by atoms with Crippen molar-refractivity contribution in [2.75, 3.05) is 0 Å². The highest BCUT2D eigenvalue weighted by molar-refractivity contribution is 5.96. The van der Waals surface area contributed by atoms with E-state index in [4.69, 9.17) is 10.8 Å². The minimum absolute atomic E-state index is 0.0724. The zero-order chi connectivity index (χ0) is 13.0. The van der Waals surface area contributed by atoms with Crippen LogP contribution in [0.25, 0.3) is 0 Å². The van der Waals surface area contributed by atoms with Crippen LogP contribution in [0.15, 0.2) is 12.5 Å². The van der Waals surface area contributed by atoms with Gasteiger partial charge in [-0.15, -0.1) is 0 Å². The van der Waals surface area contributed by atoms with E-state index in [1.165, 1.54) is 12.5 Å². The maximum atomic E-state index is 11.6. The third-order valence-corrected chi connectivity index (χ3v) is 1.95. The van der Waals surface area contributed by atoms with Crippen LogP contribution < -0.4 is 11.1 Å². The Balaban J connectivity index is 2.70. The predicted octanol–water partition coefficient (Wildman–Crippen LogP) is -1.52. The van der Waals surface area contributed by atoms with Gasteiger partial charge in [-0.3, -0.25) is 9.59 Å². The second kappa shape index (κ2) is 5.10. The van der Waals surface area contributed by atoms with Crippen molar-refractivity contribution < 1.29 is 19.5 Å². The summed E-state index contributed by atoms with van der Waals surface area (Å²) in [4.78, 5) is 36.7. The molecular weight excluding hydrogens is 228 g/mol. The van der Waals surface area contributed by atoms with Crippen LogP contribution in [0.3, 0.4) is 0 Å². The Hall–Kier alpha value is -2.38. The molecule has 8 nitrogen and oxygen atoms in total. The summed E-state index contributed by atoms with van der Waals surface area (Å²) in [7, 11) is 1.67. The van der Waals surface area contributed by atoms with E-state index in [2.05, 4.69) is 10.3 Å². The zero-order valence-corrected chi connectivity index (χ0v) is 9.08. The number of aryl methyl sites for hydroxylation is 1. The number of imidazole rings is 1. The number of aromatic nitrogens is 2. The molecule has 1 heterocycles. The van der Waals surface area contributed by atoms with Crippen molar-refractivity contribution in [1.82, 2.24) is 14.9 Å². The molecule has 0 aromatic carbocycles. The Morgan fingerprint density at radius 3 is 2.65 bits per heavy atom. The molecule has 1 atom stereocenters. The van der Waals surface area contributed by atoms with Gasteiger partial charge < -0.3 is 20.7 Å². The smallest absolute Gasteiger partial charge is 0.326 e. The van der Waals surface area contributed by atoms with Gasteiger partial charge in [0, 0.05) is 13.2 Å². The molecule has 0 saturated heterocycles. The van der Waals surface area contributed by atoms with Gasteiger partial charge in [0.1, 0.15) is 11.7 Å². The minimum atomic E-state index is -1.35. The molecule has 0 bridgehead atoms. The minimum Gasteiger partial charge on any atom is -0.480 e. The lowest BCUT2D eigenvalue weighted by Crippen LogP contribution is -2.43. The van der Waals surface area contributed by atoms with Crippen molar-refractivity contribution in [2.45, 2.75) is 12.5 Å². The van der Waals surface area contributed by atoms with E-state index in [-0.39, 0.29) is 5.69 Å². The van der Waals surface area contributed by atoms with Crippen LogP contribution in [-0.2, 0) is 16.6 Å². The van der Waals surface area contributed by atoms with E-state index in [0.717, 1.165) is 0 Å². The summed E-state index contributed by atoms with van der Waals surface area (Å²) < 4.78 is 1.54. The number of rotatable bonds is 5. The maximum absolute atomic E-state index is 11.6. The highest BCUT2D eigenvalue weighted by Gasteiger charge is 2.23. The van der Waals surface area contributed by atoms with Crippen molar-refractivity contribution in [1.29, 1.82) is 0 Å². The van der Waals surface area contributed by atoms with Gasteiger partial charge in [0.05, 0.1) is 12.7 Å². The standard InChI is InChI=1S/C9H12N4O4/c1-13-3-6(11-4-13)8(15)12-5(9(16)17)2-7(10)14/h3-5H,2H2,1H3,(H2,10,14)(H,12,15)(H,16,17). The number of nitrogens with two attached hydrogens (primary N) is 1. The van der Waals surface area contributed by atoms with Gasteiger partial charge in [-0.25, -0.2) is 9.78 Å². The van der Waals surface area contributed by atoms with Crippen LogP contribution in [0.5, 0.6) is 0 Å². The fourth-order valence-corrected chi connectivity index (χ4v) is 1.16. The van der Waals surface area contributed by atoms with Crippen LogP contribution in [0.2, 0.25) is 0 Å². The molecule has 17 heavy (non-hydrogen) atoms. The van der Waals surface area contributed by atoms with E-state index in [1.54, 1.807) is 11.6 Å². The molecule has 0 saturated carbocycles. The quantitative estimate of drug-likeness (QED) is 0.575. The summed E-state index contributed by atoms with van der Waals surface area (Å²) in [5.74, 6) is -2.80. The van der Waals surface area contributed by atoms with E-state index in [1.807, 2.05) is 0 Å². The molecule has 1 aromatic rings. The van der Waals surface area contributed by atoms with Crippen molar-refractivity contribution in [2.24, 2.45) is 12.8 Å². The van der Waals surface area contributed by atoms with Gasteiger partial charge in [0.15, 0.2) is 0 Å². The van der Waals surface area contributed by atoms with Gasteiger partial charge in [0.2, 0.25) is 5.91 Å². The normalized spacial score (nSPS) is 11.8. The average Bonchev–Trinajstić information content (AvgIpc) is 2.63. The fourth-order valence-electron chi connectivity index (χ4n) is 1.16. The van der Waals surface area contributed by atoms with Crippen molar-refractivity contribution in [3.63, 3.8) is 0 Å². The van der Waals surface area contributed by atoms with Gasteiger partial charge in [-0.2, -0.15) is 0 Å². The molecule has 0 spiro atoms. The summed E-state index contributed by atoms with van der Waals surface area (Å²) in [5, 5.41) is 10.9. The molecule has 92 valence electrons. The molecule has 2 amide bonds. The summed E-state index contributed by atoms with van der Waals surface area (Å²) in [6.07, 6.45) is 2.37. The van der Waals surface area contributed by atoms with Gasteiger partial charge in [0.25, 0.3) is 5.91 Å². The second-order valence-electron chi connectivity index (χ2n) is 3.46. The lowest BCUT2D eigenvalue weighted by molar-refractivity contribution is -0.140. The lowest BCUT2D eigenvalue weighted by Gasteiger charge is -2.11. The molecule has 0 radical (unpaired) electrons. The van der Waals surface area contributed by atoms with E-state index in [0.29, 0.717) is 0 Å². The summed E-state index contributed by atoms with van der Waals surface area (Å²) in [6.45, 7) is 0. The van der Waals surface area contributed by atoms with Crippen molar-refractivity contribution in [3.8, 4) is 0 Å². The van der Waals surface area contributed by atoms with Crippen LogP contribution in [0.1, 0.15) is 16.9 Å². The summed E-state index contributed by atoms with van der Waals surface area (Å²) in [6, 6.07) is -1.35. The van der Waals surface area contributed by atoms with Gasteiger partial charge in [-0.05, 0) is 0 Å². The molecule has 1 unspecified atom stereocenters. The number of carboxylic acids is 1. The number of primary amides is 1. The Bertz CT molecular complexity index is 454. The van der Waals surface area contributed by atoms with Crippen molar-refractivity contribution >= 4 is 17.8 Å². The molecular formula is C9H12N4O4. The van der Waals surface area contributed by atoms with Crippen LogP contribution in [0, 0.1) is 0 Å². The van der Waals surface area contributed by atoms with Crippen LogP contribution >= 0.6 is 0 Å². The summed E-state index contributed by atoms with van der Waals surface area (Å²) in [5.41, 5.74) is 4.95. The molecule has 0 aliphatic carbocycles.